The Labute approximate surface area is 112 Å². The number of hydrogen-bond donors (Lipinski definition) is 2. The molecule has 0 unspecified atom stereocenters. The van der Waals surface area contributed by atoms with Crippen LogP contribution in [0.4, 0.5) is 5.69 Å². The lowest BCUT2D eigenvalue weighted by molar-refractivity contribution is -0.384. The number of hydrazone groups is 1. The minimum atomic E-state index is -0.614. The van der Waals surface area contributed by atoms with Crippen molar-refractivity contribution in [2.45, 2.75) is 0 Å². The summed E-state index contributed by atoms with van der Waals surface area (Å²) >= 11 is 16.2. The van der Waals surface area contributed by atoms with E-state index < -0.39 is 4.92 Å². The summed E-state index contributed by atoms with van der Waals surface area (Å²) in [5.74, 6) is 0. The molecule has 0 aliphatic heterocycles. The van der Waals surface area contributed by atoms with Crippen molar-refractivity contribution >= 4 is 52.4 Å². The van der Waals surface area contributed by atoms with Gasteiger partial charge in [0.05, 0.1) is 16.2 Å². The molecule has 0 saturated heterocycles. The first-order valence-corrected chi connectivity index (χ1v) is 5.30. The number of hydrogen-bond acceptors (Lipinski definition) is 4. The number of nitro groups is 1. The summed E-state index contributed by atoms with van der Waals surface area (Å²) in [5.41, 5.74) is 7.39. The predicted octanol–water partition coefficient (Wildman–Crippen LogP) is 2.07. The van der Waals surface area contributed by atoms with Crippen molar-refractivity contribution in [3.63, 3.8) is 0 Å². The van der Waals surface area contributed by atoms with Gasteiger partial charge in [0.25, 0.3) is 5.69 Å². The molecule has 0 radical (unpaired) electrons. The molecule has 0 fully saturated rings. The Balaban J connectivity index is 3.14. The molecule has 0 amide bonds. The molecule has 0 bridgehead atoms. The highest BCUT2D eigenvalue weighted by molar-refractivity contribution is 7.80. The van der Waals surface area contributed by atoms with Gasteiger partial charge >= 0.3 is 0 Å². The van der Waals surface area contributed by atoms with Crippen LogP contribution in [0.3, 0.4) is 0 Å². The van der Waals surface area contributed by atoms with E-state index in [0.29, 0.717) is 0 Å². The number of halogens is 2. The summed E-state index contributed by atoms with van der Waals surface area (Å²) in [5, 5.41) is 14.4. The molecule has 0 aliphatic rings. The fraction of sp³-hybridized carbons (Fsp3) is 0. The van der Waals surface area contributed by atoms with Gasteiger partial charge in [-0.15, -0.1) is 0 Å². The Morgan fingerprint density at radius 2 is 2.24 bits per heavy atom. The van der Waals surface area contributed by atoms with Crippen LogP contribution in [-0.2, 0) is 0 Å². The Hall–Kier alpha value is -1.44. The van der Waals surface area contributed by atoms with Crippen molar-refractivity contribution in [3.8, 4) is 0 Å². The Kier molecular flexibility index (Phi) is 4.62. The molecule has 0 atom stereocenters. The van der Waals surface area contributed by atoms with Gasteiger partial charge in [-0.3, -0.25) is 15.5 Å². The highest BCUT2D eigenvalue weighted by Gasteiger charge is 2.17. The van der Waals surface area contributed by atoms with E-state index in [1.54, 1.807) is 0 Å². The molecule has 0 saturated carbocycles. The summed E-state index contributed by atoms with van der Waals surface area (Å²) in [7, 11) is 0. The van der Waals surface area contributed by atoms with Crippen molar-refractivity contribution in [3.05, 3.63) is 37.9 Å². The zero-order chi connectivity index (χ0) is 13.0. The first-order valence-electron chi connectivity index (χ1n) is 4.14. The topological polar surface area (TPSA) is 93.5 Å². The van der Waals surface area contributed by atoms with Crippen LogP contribution in [0.2, 0.25) is 10.0 Å². The van der Waals surface area contributed by atoms with E-state index in [9.17, 15) is 10.1 Å². The number of nitrogens with zero attached hydrogens (tertiary/aromatic N) is 2. The van der Waals surface area contributed by atoms with Gasteiger partial charge in [-0.05, 0) is 18.3 Å². The third-order valence-electron chi connectivity index (χ3n) is 1.67. The summed E-state index contributed by atoms with van der Waals surface area (Å²) < 4.78 is 0. The van der Waals surface area contributed by atoms with Gasteiger partial charge in [-0.25, -0.2) is 0 Å². The number of benzene rings is 1. The summed E-state index contributed by atoms with van der Waals surface area (Å²) in [4.78, 5) is 10.0. The van der Waals surface area contributed by atoms with E-state index in [0.717, 1.165) is 0 Å². The average molecular weight is 293 g/mol. The molecule has 90 valence electrons. The van der Waals surface area contributed by atoms with E-state index in [2.05, 4.69) is 22.7 Å². The van der Waals surface area contributed by atoms with E-state index in [1.165, 1.54) is 18.3 Å². The lowest BCUT2D eigenvalue weighted by Gasteiger charge is -2.02. The molecule has 0 aromatic heterocycles. The van der Waals surface area contributed by atoms with Gasteiger partial charge in [0.2, 0.25) is 0 Å². The van der Waals surface area contributed by atoms with Crippen LogP contribution in [-0.4, -0.2) is 16.3 Å². The molecule has 1 aromatic rings. The van der Waals surface area contributed by atoms with Gasteiger partial charge in [0, 0.05) is 11.6 Å². The molecule has 0 heterocycles. The predicted molar refractivity (Wildman–Crippen MR) is 70.6 cm³/mol. The van der Waals surface area contributed by atoms with Crippen molar-refractivity contribution in [2.75, 3.05) is 0 Å². The molecule has 0 spiro atoms. The molecule has 0 aliphatic carbocycles. The Bertz CT molecular complexity index is 507. The van der Waals surface area contributed by atoms with Crippen molar-refractivity contribution in [2.24, 2.45) is 10.8 Å². The van der Waals surface area contributed by atoms with E-state index in [1.807, 2.05) is 0 Å². The zero-order valence-corrected chi connectivity index (χ0v) is 10.5. The molecule has 17 heavy (non-hydrogen) atoms. The first kappa shape index (κ1) is 13.6. The van der Waals surface area contributed by atoms with Crippen LogP contribution >= 0.6 is 35.4 Å². The molecular formula is C8H6Cl2N4O2S. The second-order valence-corrected chi connectivity index (χ2v) is 4.01. The fourth-order valence-corrected chi connectivity index (χ4v) is 1.57. The minimum Gasteiger partial charge on any atom is -0.375 e. The van der Waals surface area contributed by atoms with Crippen LogP contribution in [0.25, 0.3) is 0 Å². The van der Waals surface area contributed by atoms with Gasteiger partial charge in [0.15, 0.2) is 5.11 Å². The number of rotatable bonds is 3. The maximum absolute atomic E-state index is 10.6. The quantitative estimate of drug-likeness (QED) is 0.385. The van der Waals surface area contributed by atoms with Crippen LogP contribution in [0.1, 0.15) is 5.56 Å². The van der Waals surface area contributed by atoms with E-state index >= 15 is 0 Å². The molecule has 1 rings (SSSR count). The normalized spacial score (nSPS) is 10.5. The number of nitro benzene ring substituents is 1. The van der Waals surface area contributed by atoms with Crippen LogP contribution in [0.15, 0.2) is 17.2 Å². The van der Waals surface area contributed by atoms with Crippen molar-refractivity contribution < 1.29 is 4.92 Å². The van der Waals surface area contributed by atoms with E-state index in [4.69, 9.17) is 28.9 Å². The molecule has 1 aromatic carbocycles. The minimum absolute atomic E-state index is 0.0427. The fourth-order valence-electron chi connectivity index (χ4n) is 0.978. The van der Waals surface area contributed by atoms with Crippen LogP contribution in [0, 0.1) is 10.1 Å². The molecule has 9 heteroatoms. The number of nitrogens with two attached hydrogens (primary N) is 1. The van der Waals surface area contributed by atoms with Crippen LogP contribution < -0.4 is 11.2 Å². The number of thiocarbonyl (C=S) groups is 1. The summed E-state index contributed by atoms with van der Waals surface area (Å²) in [6.07, 6.45) is 1.21. The van der Waals surface area contributed by atoms with Gasteiger partial charge < -0.3 is 5.73 Å². The average Bonchev–Trinajstić information content (AvgIpc) is 2.21. The Morgan fingerprint density at radius 1 is 1.59 bits per heavy atom. The van der Waals surface area contributed by atoms with Crippen molar-refractivity contribution in [1.82, 2.24) is 5.43 Å². The highest BCUT2D eigenvalue weighted by Crippen LogP contribution is 2.31. The molecule has 6 nitrogen and oxygen atoms in total. The standard InChI is InChI=1S/C8H6Cl2N4O2S/c9-5-1-2-6(14(15)16)7(10)4(5)3-12-13-8(11)17/h1-3H,(H3,11,13,17). The zero-order valence-electron chi connectivity index (χ0n) is 8.18. The monoisotopic (exact) mass is 292 g/mol. The second kappa shape index (κ2) is 5.76. The first-order chi connectivity index (χ1) is 7.93. The lowest BCUT2D eigenvalue weighted by atomic mass is 10.2. The maximum Gasteiger partial charge on any atom is 0.288 e. The smallest absolute Gasteiger partial charge is 0.288 e. The largest absolute Gasteiger partial charge is 0.375 e. The number of nitrogens with one attached hydrogen (secondary N) is 1. The van der Waals surface area contributed by atoms with Gasteiger partial charge in [-0.2, -0.15) is 5.10 Å². The third kappa shape index (κ3) is 3.52. The van der Waals surface area contributed by atoms with E-state index in [-0.39, 0.29) is 26.4 Å². The van der Waals surface area contributed by atoms with Crippen molar-refractivity contribution in [1.29, 1.82) is 0 Å². The third-order valence-corrected chi connectivity index (χ3v) is 2.49. The second-order valence-electron chi connectivity index (χ2n) is 2.79. The summed E-state index contributed by atoms with van der Waals surface area (Å²) in [6.45, 7) is 0. The van der Waals surface area contributed by atoms with Crippen LogP contribution in [0.5, 0.6) is 0 Å². The van der Waals surface area contributed by atoms with Gasteiger partial charge in [-0.1, -0.05) is 23.2 Å². The molecule has 3 N–H and O–H groups in total. The lowest BCUT2D eigenvalue weighted by Crippen LogP contribution is -2.24. The summed E-state index contributed by atoms with van der Waals surface area (Å²) in [6, 6.07) is 2.57. The Morgan fingerprint density at radius 3 is 2.76 bits per heavy atom. The SMILES string of the molecule is NC(=S)NN=Cc1c(Cl)ccc([N+](=O)[O-])c1Cl. The highest BCUT2D eigenvalue weighted by atomic mass is 35.5. The molecular weight excluding hydrogens is 287 g/mol. The maximum atomic E-state index is 10.6. The van der Waals surface area contributed by atoms with Gasteiger partial charge in [0.1, 0.15) is 5.02 Å².